The third-order valence-corrected chi connectivity index (χ3v) is 5.82. The molecular formula is C22H19F3N4OS. The second kappa shape index (κ2) is 8.50. The largest absolute Gasteiger partial charge is 0.484 e. The lowest BCUT2D eigenvalue weighted by Gasteiger charge is -2.25. The smallest absolute Gasteiger partial charge is 0.422 e. The molecule has 0 saturated heterocycles. The van der Waals surface area contributed by atoms with Crippen molar-refractivity contribution in [2.75, 3.05) is 12.3 Å². The van der Waals surface area contributed by atoms with Gasteiger partial charge in [-0.1, -0.05) is 25.1 Å². The third kappa shape index (κ3) is 4.93. The van der Waals surface area contributed by atoms with Gasteiger partial charge in [0.1, 0.15) is 17.9 Å². The first-order chi connectivity index (χ1) is 14.8. The van der Waals surface area contributed by atoms with Crippen LogP contribution in [0.2, 0.25) is 0 Å². The predicted molar refractivity (Wildman–Crippen MR) is 114 cm³/mol. The Balaban J connectivity index is 1.74. The van der Waals surface area contributed by atoms with E-state index in [9.17, 15) is 13.2 Å². The van der Waals surface area contributed by atoms with Gasteiger partial charge < -0.3 is 10.5 Å². The number of benzene rings is 2. The molecule has 160 valence electrons. The Kier molecular flexibility index (Phi) is 5.77. The molecule has 2 unspecified atom stereocenters. The molecule has 2 heterocycles. The molecular weight excluding hydrogens is 425 g/mol. The molecule has 9 heteroatoms. The van der Waals surface area contributed by atoms with Gasteiger partial charge in [-0.2, -0.15) is 13.2 Å². The maximum absolute atomic E-state index is 12.6. The van der Waals surface area contributed by atoms with Gasteiger partial charge in [-0.15, -0.1) is 11.3 Å². The van der Waals surface area contributed by atoms with Crippen molar-refractivity contribution < 1.29 is 17.9 Å². The maximum atomic E-state index is 12.6. The number of ether oxygens (including phenoxy) is 1. The van der Waals surface area contributed by atoms with Crippen LogP contribution in [0.4, 0.5) is 19.0 Å². The molecule has 0 fully saturated rings. The molecule has 4 rings (SSSR count). The number of nitrogens with two attached hydrogens (primary N) is 1. The van der Waals surface area contributed by atoms with Crippen molar-refractivity contribution in [3.05, 3.63) is 77.2 Å². The number of anilines is 1. The number of hydrogen-bond donors (Lipinski definition) is 1. The van der Waals surface area contributed by atoms with Crippen LogP contribution in [0.15, 0.2) is 60.4 Å². The quantitative estimate of drug-likeness (QED) is 0.422. The van der Waals surface area contributed by atoms with Crippen LogP contribution >= 0.6 is 11.3 Å². The number of hydrogen-bond acceptors (Lipinski definition) is 6. The lowest BCUT2D eigenvalue weighted by atomic mass is 9.80. The Morgan fingerprint density at radius 3 is 2.65 bits per heavy atom. The van der Waals surface area contributed by atoms with Crippen molar-refractivity contribution in [3.8, 4) is 5.75 Å². The van der Waals surface area contributed by atoms with E-state index in [-0.39, 0.29) is 17.6 Å². The highest BCUT2D eigenvalue weighted by atomic mass is 32.1. The summed E-state index contributed by atoms with van der Waals surface area (Å²) < 4.78 is 43.8. The summed E-state index contributed by atoms with van der Waals surface area (Å²) in [6.45, 7) is 0.702. The molecule has 0 aliphatic heterocycles. The summed E-state index contributed by atoms with van der Waals surface area (Å²) >= 11 is 1.55. The van der Waals surface area contributed by atoms with Crippen molar-refractivity contribution in [2.45, 2.75) is 24.9 Å². The second-order valence-electron chi connectivity index (χ2n) is 7.19. The first-order valence-corrected chi connectivity index (χ1v) is 10.4. The van der Waals surface area contributed by atoms with Crippen molar-refractivity contribution in [1.29, 1.82) is 0 Å². The monoisotopic (exact) mass is 444 g/mol. The van der Waals surface area contributed by atoms with Gasteiger partial charge in [-0.3, -0.25) is 0 Å². The normalized spacial score (nSPS) is 13.8. The second-order valence-corrected chi connectivity index (χ2v) is 8.08. The molecule has 31 heavy (non-hydrogen) atoms. The number of halogens is 3. The zero-order valence-corrected chi connectivity index (χ0v) is 17.3. The van der Waals surface area contributed by atoms with Crippen LogP contribution in [0.5, 0.6) is 5.75 Å². The summed E-state index contributed by atoms with van der Waals surface area (Å²) in [5.41, 5.74) is 11.1. The fraction of sp³-hybridized carbons (Fsp3) is 0.227. The van der Waals surface area contributed by atoms with Crippen LogP contribution in [-0.4, -0.2) is 27.7 Å². The average Bonchev–Trinajstić information content (AvgIpc) is 3.20. The zero-order chi connectivity index (χ0) is 22.0. The highest BCUT2D eigenvalue weighted by Gasteiger charge is 2.29. The number of fused-ring (bicyclic) bond motifs is 1. The molecule has 2 N–H and O–H groups in total. The molecule has 0 aliphatic rings. The summed E-state index contributed by atoms with van der Waals surface area (Å²) in [6.07, 6.45) is -3.02. The molecule has 0 amide bonds. The van der Waals surface area contributed by atoms with Crippen molar-refractivity contribution in [1.82, 2.24) is 15.0 Å². The fourth-order valence-corrected chi connectivity index (χ4v) is 4.31. The molecule has 2 atom stereocenters. The van der Waals surface area contributed by atoms with Crippen molar-refractivity contribution in [3.63, 3.8) is 0 Å². The number of rotatable bonds is 6. The SMILES string of the molecule is CC(c1ccc2ncsc2c1)C(c1cccc(OCC(F)(F)F)c1)c1cc(N)ncn1. The van der Waals surface area contributed by atoms with E-state index in [0.29, 0.717) is 11.5 Å². The molecule has 4 aromatic rings. The van der Waals surface area contributed by atoms with Gasteiger partial charge in [-0.25, -0.2) is 15.0 Å². The lowest BCUT2D eigenvalue weighted by Crippen LogP contribution is -2.19. The van der Waals surface area contributed by atoms with E-state index in [2.05, 4.69) is 27.9 Å². The fourth-order valence-electron chi connectivity index (χ4n) is 3.58. The number of aromatic nitrogens is 3. The van der Waals surface area contributed by atoms with E-state index in [1.165, 1.54) is 12.4 Å². The first kappa shape index (κ1) is 21.0. The van der Waals surface area contributed by atoms with E-state index in [1.54, 1.807) is 35.0 Å². The first-order valence-electron chi connectivity index (χ1n) is 9.50. The summed E-state index contributed by atoms with van der Waals surface area (Å²) in [4.78, 5) is 12.7. The number of thiazole rings is 1. The molecule has 0 bridgehead atoms. The molecule has 0 radical (unpaired) electrons. The van der Waals surface area contributed by atoms with Crippen LogP contribution in [0.1, 0.15) is 35.6 Å². The van der Waals surface area contributed by atoms with Crippen LogP contribution in [-0.2, 0) is 0 Å². The molecule has 2 aromatic carbocycles. The molecule has 5 nitrogen and oxygen atoms in total. The summed E-state index contributed by atoms with van der Waals surface area (Å²) in [7, 11) is 0. The van der Waals surface area contributed by atoms with Crippen molar-refractivity contribution in [2.24, 2.45) is 0 Å². The number of nitrogens with zero attached hydrogens (tertiary/aromatic N) is 3. The Morgan fingerprint density at radius 2 is 1.87 bits per heavy atom. The highest BCUT2D eigenvalue weighted by Crippen LogP contribution is 2.39. The summed E-state index contributed by atoms with van der Waals surface area (Å²) in [6, 6.07) is 14.4. The van der Waals surface area contributed by atoms with E-state index < -0.39 is 12.8 Å². The Morgan fingerprint density at radius 1 is 1.03 bits per heavy atom. The van der Waals surface area contributed by atoms with Crippen LogP contribution < -0.4 is 10.5 Å². The maximum Gasteiger partial charge on any atom is 0.422 e. The molecule has 0 aliphatic carbocycles. The zero-order valence-electron chi connectivity index (χ0n) is 16.5. The topological polar surface area (TPSA) is 73.9 Å². The number of alkyl halides is 3. The predicted octanol–water partition coefficient (Wildman–Crippen LogP) is 5.55. The van der Waals surface area contributed by atoms with Gasteiger partial charge in [0.05, 0.1) is 21.4 Å². The van der Waals surface area contributed by atoms with Gasteiger partial charge in [-0.05, 0) is 41.3 Å². The van der Waals surface area contributed by atoms with Gasteiger partial charge in [0, 0.05) is 12.0 Å². The van der Waals surface area contributed by atoms with Crippen LogP contribution in [0.3, 0.4) is 0 Å². The van der Waals surface area contributed by atoms with Crippen LogP contribution in [0, 0.1) is 0 Å². The Labute approximate surface area is 180 Å². The lowest BCUT2D eigenvalue weighted by molar-refractivity contribution is -0.153. The van der Waals surface area contributed by atoms with E-state index in [4.69, 9.17) is 10.5 Å². The highest BCUT2D eigenvalue weighted by molar-refractivity contribution is 7.16. The van der Waals surface area contributed by atoms with E-state index in [0.717, 1.165) is 21.3 Å². The van der Waals surface area contributed by atoms with Crippen molar-refractivity contribution >= 4 is 27.4 Å². The van der Waals surface area contributed by atoms with E-state index in [1.807, 2.05) is 18.2 Å². The standard InChI is InChI=1S/C22H19F3N4OS/c1-13(14-5-6-17-19(8-14)31-12-29-17)21(18-9-20(26)28-11-27-18)15-3-2-4-16(7-15)30-10-22(23,24)25/h2-9,11-13,21H,10H2,1H3,(H2,26,27,28). The summed E-state index contributed by atoms with van der Waals surface area (Å²) in [5.74, 6) is 0.139. The minimum Gasteiger partial charge on any atom is -0.484 e. The molecule has 0 saturated carbocycles. The van der Waals surface area contributed by atoms with Gasteiger partial charge in [0.25, 0.3) is 0 Å². The minimum atomic E-state index is -4.41. The van der Waals surface area contributed by atoms with Crippen LogP contribution in [0.25, 0.3) is 10.2 Å². The van der Waals surface area contributed by atoms with Gasteiger partial charge in [0.2, 0.25) is 0 Å². The minimum absolute atomic E-state index is 0.0568. The Hall–Kier alpha value is -3.20. The summed E-state index contributed by atoms with van der Waals surface area (Å²) in [5, 5.41) is 0. The average molecular weight is 444 g/mol. The Bertz CT molecular complexity index is 1190. The van der Waals surface area contributed by atoms with Gasteiger partial charge >= 0.3 is 6.18 Å². The number of nitrogen functional groups attached to an aromatic ring is 1. The van der Waals surface area contributed by atoms with E-state index >= 15 is 0 Å². The third-order valence-electron chi connectivity index (χ3n) is 5.03. The van der Waals surface area contributed by atoms with Gasteiger partial charge in [0.15, 0.2) is 6.61 Å². The molecule has 2 aromatic heterocycles. The molecule has 0 spiro atoms.